The molecule has 3 aromatic rings. The van der Waals surface area contributed by atoms with E-state index < -0.39 is 10.8 Å². The second-order valence-electron chi connectivity index (χ2n) is 7.49. The van der Waals surface area contributed by atoms with Crippen LogP contribution in [0.3, 0.4) is 0 Å². The summed E-state index contributed by atoms with van der Waals surface area (Å²) in [6.07, 6.45) is 7.04. The number of carbonyl (C=O) groups is 1. The van der Waals surface area contributed by atoms with Gasteiger partial charge in [-0.15, -0.1) is 11.8 Å². The number of benzene rings is 1. The predicted molar refractivity (Wildman–Crippen MR) is 121 cm³/mol. The molecule has 0 bridgehead atoms. The summed E-state index contributed by atoms with van der Waals surface area (Å²) >= 11 is 1.44. The Morgan fingerprint density at radius 1 is 1.23 bits per heavy atom. The van der Waals surface area contributed by atoms with E-state index in [2.05, 4.69) is 29.2 Å². The monoisotopic (exact) mass is 439 g/mol. The third-order valence-electron chi connectivity index (χ3n) is 4.63. The molecule has 2 heterocycles. The minimum absolute atomic E-state index is 0.0516. The fourth-order valence-corrected chi connectivity index (χ4v) is 4.12. The molecule has 0 radical (unpaired) electrons. The Morgan fingerprint density at radius 3 is 2.71 bits per heavy atom. The van der Waals surface area contributed by atoms with Gasteiger partial charge in [0.15, 0.2) is 5.82 Å². The fraction of sp³-hybridized carbons (Fsp3) is 0.318. The van der Waals surface area contributed by atoms with E-state index in [1.54, 1.807) is 41.5 Å². The number of carbonyl (C=O) groups excluding carboxylic acids is 1. The predicted octanol–water partition coefficient (Wildman–Crippen LogP) is 4.82. The number of nitrogens with one attached hydrogen (secondary N) is 1. The van der Waals surface area contributed by atoms with Crippen LogP contribution in [-0.2, 0) is 13.0 Å². The average molecular weight is 440 g/mol. The van der Waals surface area contributed by atoms with Crippen molar-refractivity contribution in [1.82, 2.24) is 14.8 Å². The van der Waals surface area contributed by atoms with Crippen LogP contribution in [0.5, 0.6) is 0 Å². The minimum Gasteiger partial charge on any atom is -0.305 e. The molecular weight excluding hydrogens is 414 g/mol. The van der Waals surface area contributed by atoms with Crippen molar-refractivity contribution >= 4 is 29.2 Å². The number of anilines is 1. The van der Waals surface area contributed by atoms with Gasteiger partial charge < -0.3 is 5.32 Å². The quantitative estimate of drug-likeness (QED) is 0.276. The maximum Gasteiger partial charge on any atom is 0.283 e. The number of aromatic nitrogens is 3. The van der Waals surface area contributed by atoms with E-state index in [9.17, 15) is 14.9 Å². The van der Waals surface area contributed by atoms with Crippen LogP contribution < -0.4 is 5.32 Å². The van der Waals surface area contributed by atoms with Crippen LogP contribution in [0.2, 0.25) is 0 Å². The smallest absolute Gasteiger partial charge is 0.283 e. The van der Waals surface area contributed by atoms with Gasteiger partial charge in [-0.2, -0.15) is 5.10 Å². The zero-order valence-corrected chi connectivity index (χ0v) is 18.3. The fourth-order valence-electron chi connectivity index (χ4n) is 2.86. The number of nitro benzene ring substituents is 1. The molecule has 0 aliphatic rings. The van der Waals surface area contributed by atoms with Crippen molar-refractivity contribution < 1.29 is 9.72 Å². The van der Waals surface area contributed by atoms with E-state index in [1.807, 2.05) is 12.1 Å². The Kier molecular flexibility index (Phi) is 7.77. The highest BCUT2D eigenvalue weighted by molar-refractivity contribution is 7.99. The van der Waals surface area contributed by atoms with Gasteiger partial charge in [-0.05, 0) is 54.3 Å². The maximum absolute atomic E-state index is 12.6. The van der Waals surface area contributed by atoms with Gasteiger partial charge in [0.25, 0.3) is 11.6 Å². The number of hydrogen-bond donors (Lipinski definition) is 1. The summed E-state index contributed by atoms with van der Waals surface area (Å²) in [6, 6.07) is 10.2. The molecule has 3 rings (SSSR count). The van der Waals surface area contributed by atoms with Gasteiger partial charge in [0.05, 0.1) is 9.82 Å². The van der Waals surface area contributed by atoms with Crippen LogP contribution in [0.25, 0.3) is 0 Å². The summed E-state index contributed by atoms with van der Waals surface area (Å²) in [5.74, 6) is 1.29. The van der Waals surface area contributed by atoms with E-state index in [1.165, 1.54) is 17.8 Å². The molecule has 2 aromatic heterocycles. The molecule has 1 amide bonds. The number of nitrogens with zero attached hydrogens (tertiary/aromatic N) is 4. The summed E-state index contributed by atoms with van der Waals surface area (Å²) in [7, 11) is 0. The second kappa shape index (κ2) is 10.7. The van der Waals surface area contributed by atoms with E-state index in [-0.39, 0.29) is 11.3 Å². The van der Waals surface area contributed by atoms with Crippen molar-refractivity contribution in [3.63, 3.8) is 0 Å². The number of nitro groups is 1. The van der Waals surface area contributed by atoms with Crippen molar-refractivity contribution in [1.29, 1.82) is 0 Å². The van der Waals surface area contributed by atoms with Crippen molar-refractivity contribution in [2.75, 3.05) is 11.1 Å². The van der Waals surface area contributed by atoms with Crippen molar-refractivity contribution in [2.45, 2.75) is 38.1 Å². The van der Waals surface area contributed by atoms with Gasteiger partial charge in [-0.25, -0.2) is 0 Å². The molecule has 1 N–H and O–H groups in total. The minimum atomic E-state index is -0.442. The molecule has 1 aromatic carbocycles. The standard InChI is InChI=1S/C22H25N5O3S/c1-16(2)9-14-31-20-4-3-18(15-19(20)27(29)30)22(28)24-21-8-13-26(25-21)12-7-17-5-10-23-11-6-17/h3-6,8,10-11,13,15-16H,7,9,12,14H2,1-2H3,(H,24,25,28). The Labute approximate surface area is 185 Å². The Bertz CT molecular complexity index is 1040. The van der Waals surface area contributed by atoms with E-state index in [4.69, 9.17) is 0 Å². The lowest BCUT2D eigenvalue weighted by Gasteiger charge is -2.07. The topological polar surface area (TPSA) is 103 Å². The molecule has 0 saturated carbocycles. The number of hydrogen-bond acceptors (Lipinski definition) is 6. The first kappa shape index (κ1) is 22.5. The lowest BCUT2D eigenvalue weighted by atomic mass is 10.2. The molecule has 31 heavy (non-hydrogen) atoms. The first-order chi connectivity index (χ1) is 14.9. The first-order valence-electron chi connectivity index (χ1n) is 10.1. The molecule has 0 aliphatic heterocycles. The average Bonchev–Trinajstić information content (AvgIpc) is 3.20. The van der Waals surface area contributed by atoms with Crippen molar-refractivity contribution in [2.24, 2.45) is 5.92 Å². The molecule has 0 atom stereocenters. The zero-order chi connectivity index (χ0) is 22.2. The van der Waals surface area contributed by atoms with Crippen molar-refractivity contribution in [3.8, 4) is 0 Å². The normalized spacial score (nSPS) is 10.9. The Balaban J connectivity index is 1.62. The van der Waals surface area contributed by atoms with Crippen LogP contribution in [-0.4, -0.2) is 31.3 Å². The van der Waals surface area contributed by atoms with Gasteiger partial charge in [0.1, 0.15) is 0 Å². The van der Waals surface area contributed by atoms with Crippen LogP contribution in [0, 0.1) is 16.0 Å². The molecule has 162 valence electrons. The van der Waals surface area contributed by atoms with Gasteiger partial charge in [0, 0.05) is 42.8 Å². The van der Waals surface area contributed by atoms with E-state index in [0.717, 1.165) is 24.2 Å². The largest absolute Gasteiger partial charge is 0.305 e. The van der Waals surface area contributed by atoms with Gasteiger partial charge >= 0.3 is 0 Å². The van der Waals surface area contributed by atoms with E-state index in [0.29, 0.717) is 23.2 Å². The molecule has 0 fully saturated rings. The van der Waals surface area contributed by atoms with E-state index >= 15 is 0 Å². The molecule has 0 saturated heterocycles. The maximum atomic E-state index is 12.6. The third kappa shape index (κ3) is 6.65. The van der Waals surface area contributed by atoms with Gasteiger partial charge in [0.2, 0.25) is 0 Å². The summed E-state index contributed by atoms with van der Waals surface area (Å²) in [4.78, 5) is 28.2. The zero-order valence-electron chi connectivity index (χ0n) is 17.5. The highest BCUT2D eigenvalue weighted by Gasteiger charge is 2.18. The summed E-state index contributed by atoms with van der Waals surface area (Å²) in [5.41, 5.74) is 1.32. The highest BCUT2D eigenvalue weighted by atomic mass is 32.2. The van der Waals surface area contributed by atoms with Crippen molar-refractivity contribution in [3.05, 3.63) is 76.2 Å². The molecule has 0 unspecified atom stereocenters. The van der Waals surface area contributed by atoms with Crippen LogP contribution >= 0.6 is 11.8 Å². The van der Waals surface area contributed by atoms with Gasteiger partial charge in [-0.1, -0.05) is 13.8 Å². The molecule has 8 nitrogen and oxygen atoms in total. The molecular formula is C22H25N5O3S. The SMILES string of the molecule is CC(C)CCSc1ccc(C(=O)Nc2ccn(CCc3ccncc3)n2)cc1[N+](=O)[O-]. The molecule has 0 aliphatic carbocycles. The Morgan fingerprint density at radius 2 is 2.00 bits per heavy atom. The number of aryl methyl sites for hydroxylation is 2. The number of rotatable bonds is 10. The first-order valence-corrected chi connectivity index (χ1v) is 11.1. The van der Waals surface area contributed by atoms with Crippen LogP contribution in [0.15, 0.2) is 59.9 Å². The van der Waals surface area contributed by atoms with Gasteiger partial charge in [-0.3, -0.25) is 24.6 Å². The van der Waals surface area contributed by atoms with Crippen LogP contribution in [0.1, 0.15) is 36.2 Å². The lowest BCUT2D eigenvalue weighted by Crippen LogP contribution is -2.13. The van der Waals surface area contributed by atoms with Crippen LogP contribution in [0.4, 0.5) is 11.5 Å². The second-order valence-corrected chi connectivity index (χ2v) is 8.63. The number of amides is 1. The summed E-state index contributed by atoms with van der Waals surface area (Å²) in [6.45, 7) is 4.89. The number of thioether (sulfide) groups is 1. The lowest BCUT2D eigenvalue weighted by molar-refractivity contribution is -0.387. The molecule has 0 spiro atoms. The summed E-state index contributed by atoms with van der Waals surface area (Å²) in [5, 5.41) is 18.5. The third-order valence-corrected chi connectivity index (χ3v) is 5.73. The molecule has 9 heteroatoms. The number of pyridine rings is 1. The highest BCUT2D eigenvalue weighted by Crippen LogP contribution is 2.31. The summed E-state index contributed by atoms with van der Waals surface area (Å²) < 4.78 is 1.74. The Hall–Kier alpha value is -3.20.